The number of para-hydroxylation sites is 2. The van der Waals surface area contributed by atoms with E-state index in [1.54, 1.807) is 0 Å². The lowest BCUT2D eigenvalue weighted by Gasteiger charge is -2.50. The van der Waals surface area contributed by atoms with Gasteiger partial charge >= 0.3 is 0 Å². The van der Waals surface area contributed by atoms with Crippen molar-refractivity contribution in [1.29, 1.82) is 0 Å². The molecule has 2 aromatic carbocycles. The van der Waals surface area contributed by atoms with Gasteiger partial charge in [-0.05, 0) is 25.0 Å². The van der Waals surface area contributed by atoms with E-state index in [0.29, 0.717) is 11.5 Å². The average Bonchev–Trinajstić information content (AvgIpc) is 2.77. The molecule has 6 nitrogen and oxygen atoms in total. The van der Waals surface area contributed by atoms with Crippen LogP contribution in [0.2, 0.25) is 0 Å². The maximum Gasteiger partial charge on any atom is 0.121 e. The number of hydrogen-bond donors (Lipinski definition) is 2. The van der Waals surface area contributed by atoms with E-state index >= 15 is 0 Å². The summed E-state index contributed by atoms with van der Waals surface area (Å²) in [5.41, 5.74) is 2.04. The van der Waals surface area contributed by atoms with Crippen LogP contribution in [-0.2, 0) is 0 Å². The summed E-state index contributed by atoms with van der Waals surface area (Å²) in [5, 5.41) is 21.2. The second kappa shape index (κ2) is 8.55. The van der Waals surface area contributed by atoms with Crippen LogP contribution in [0.25, 0.3) is 0 Å². The Hall–Kier alpha value is -2.12. The van der Waals surface area contributed by atoms with Gasteiger partial charge in [-0.15, -0.1) is 0 Å². The van der Waals surface area contributed by atoms with Gasteiger partial charge in [0.2, 0.25) is 0 Å². The Morgan fingerprint density at radius 3 is 1.17 bits per heavy atom. The first-order chi connectivity index (χ1) is 14.7. The summed E-state index contributed by atoms with van der Waals surface area (Å²) in [6.45, 7) is 8.01. The molecule has 0 aliphatic carbocycles. The van der Waals surface area contributed by atoms with Crippen molar-refractivity contribution in [3.8, 4) is 11.5 Å². The molecular weight excluding hydrogens is 376 g/mol. The van der Waals surface area contributed by atoms with Crippen molar-refractivity contribution >= 4 is 0 Å². The lowest BCUT2D eigenvalue weighted by Crippen LogP contribution is -2.57. The lowest BCUT2D eigenvalue weighted by molar-refractivity contribution is -0.0620. The molecule has 0 aromatic heterocycles. The van der Waals surface area contributed by atoms with E-state index in [4.69, 9.17) is 0 Å². The van der Waals surface area contributed by atoms with Crippen molar-refractivity contribution in [2.24, 2.45) is 0 Å². The van der Waals surface area contributed by atoms with Gasteiger partial charge in [0, 0.05) is 63.5 Å². The highest BCUT2D eigenvalue weighted by atomic mass is 16.3. The van der Waals surface area contributed by atoms with Crippen molar-refractivity contribution in [3.05, 3.63) is 59.7 Å². The molecule has 4 unspecified atom stereocenters. The minimum Gasteiger partial charge on any atom is -0.508 e. The number of hydrogen-bond acceptors (Lipinski definition) is 6. The summed E-state index contributed by atoms with van der Waals surface area (Å²) < 4.78 is 0. The Balaban J connectivity index is 1.48. The number of aromatic hydroxyl groups is 2. The molecule has 4 atom stereocenters. The summed E-state index contributed by atoms with van der Waals surface area (Å²) in [7, 11) is 0. The second-order valence-electron chi connectivity index (χ2n) is 8.72. The summed E-state index contributed by atoms with van der Waals surface area (Å²) in [6.07, 6.45) is 2.58. The quantitative estimate of drug-likeness (QED) is 0.797. The summed E-state index contributed by atoms with van der Waals surface area (Å²) in [6, 6.07) is 15.6. The maximum atomic E-state index is 10.6. The highest BCUT2D eigenvalue weighted by Gasteiger charge is 2.37. The first-order valence-corrected chi connectivity index (χ1v) is 11.2. The van der Waals surface area contributed by atoms with Crippen LogP contribution in [0.3, 0.4) is 0 Å². The van der Waals surface area contributed by atoms with Crippen molar-refractivity contribution in [1.82, 2.24) is 19.6 Å². The van der Waals surface area contributed by atoms with E-state index < -0.39 is 0 Å². The smallest absolute Gasteiger partial charge is 0.121 e. The molecule has 2 N–H and O–H groups in total. The topological polar surface area (TPSA) is 53.4 Å². The highest BCUT2D eigenvalue weighted by Crippen LogP contribution is 2.38. The molecule has 3 saturated heterocycles. The monoisotopic (exact) mass is 408 g/mol. The molecule has 0 radical (unpaired) electrons. The molecular formula is C24H32N4O2. The van der Waals surface area contributed by atoms with Gasteiger partial charge in [-0.25, -0.2) is 0 Å². The van der Waals surface area contributed by atoms with Crippen LogP contribution in [0.5, 0.6) is 11.5 Å². The molecule has 30 heavy (non-hydrogen) atoms. The van der Waals surface area contributed by atoms with Crippen molar-refractivity contribution in [2.75, 3.05) is 52.4 Å². The van der Waals surface area contributed by atoms with Crippen LogP contribution >= 0.6 is 0 Å². The van der Waals surface area contributed by atoms with Gasteiger partial charge in [0.05, 0.1) is 12.3 Å². The second-order valence-corrected chi connectivity index (χ2v) is 8.72. The van der Waals surface area contributed by atoms with Gasteiger partial charge in [0.1, 0.15) is 11.5 Å². The zero-order chi connectivity index (χ0) is 20.5. The molecule has 3 aliphatic heterocycles. The Kier molecular flexibility index (Phi) is 5.65. The van der Waals surface area contributed by atoms with Crippen molar-refractivity contribution < 1.29 is 10.2 Å². The number of phenols is 2. The molecule has 5 rings (SSSR count). The molecule has 160 valence electrons. The molecule has 0 spiro atoms. The fraction of sp³-hybridized carbons (Fsp3) is 0.500. The van der Waals surface area contributed by atoms with E-state index in [2.05, 4.69) is 31.7 Å². The number of nitrogens with zero attached hydrogens (tertiary/aromatic N) is 4. The molecule has 4 bridgehead atoms. The van der Waals surface area contributed by atoms with Gasteiger partial charge < -0.3 is 10.2 Å². The predicted octanol–water partition coefficient (Wildman–Crippen LogP) is 2.82. The zero-order valence-corrected chi connectivity index (χ0v) is 17.5. The Bertz CT molecular complexity index is 780. The average molecular weight is 409 g/mol. The van der Waals surface area contributed by atoms with E-state index in [9.17, 15) is 10.2 Å². The Labute approximate surface area is 178 Å². The van der Waals surface area contributed by atoms with Gasteiger partial charge in [0.25, 0.3) is 0 Å². The van der Waals surface area contributed by atoms with E-state index in [-0.39, 0.29) is 12.3 Å². The number of fused-ring (bicyclic) bond motifs is 4. The van der Waals surface area contributed by atoms with Crippen LogP contribution in [0.4, 0.5) is 0 Å². The van der Waals surface area contributed by atoms with Crippen LogP contribution in [0.15, 0.2) is 48.5 Å². The zero-order valence-electron chi connectivity index (χ0n) is 17.5. The Morgan fingerprint density at radius 2 is 0.833 bits per heavy atom. The van der Waals surface area contributed by atoms with Crippen LogP contribution in [-0.4, -0.2) is 82.2 Å². The van der Waals surface area contributed by atoms with Crippen LogP contribution < -0.4 is 0 Å². The normalized spacial score (nSPS) is 34.3. The first kappa shape index (κ1) is 19.8. The number of phenolic OH excluding ortho intramolecular Hbond substituents is 2. The van der Waals surface area contributed by atoms with E-state index in [0.717, 1.165) is 76.3 Å². The van der Waals surface area contributed by atoms with Crippen molar-refractivity contribution in [2.45, 2.75) is 25.2 Å². The molecule has 0 amide bonds. The van der Waals surface area contributed by atoms with Gasteiger partial charge in [-0.3, -0.25) is 19.6 Å². The van der Waals surface area contributed by atoms with E-state index in [1.807, 2.05) is 36.4 Å². The number of benzene rings is 2. The van der Waals surface area contributed by atoms with Crippen LogP contribution in [0.1, 0.15) is 36.3 Å². The molecule has 3 fully saturated rings. The third kappa shape index (κ3) is 3.69. The summed E-state index contributed by atoms with van der Waals surface area (Å²) in [4.78, 5) is 10.1. The SMILES string of the molecule is Oc1ccccc1C1N2CCCN1CCN1CCCN(CC2)C1c1ccccc1O. The largest absolute Gasteiger partial charge is 0.508 e. The van der Waals surface area contributed by atoms with Crippen LogP contribution in [0, 0.1) is 0 Å². The third-order valence-electron chi connectivity index (χ3n) is 6.94. The molecule has 3 heterocycles. The maximum absolute atomic E-state index is 10.6. The minimum atomic E-state index is 0.129. The molecule has 3 aliphatic rings. The molecule has 6 heteroatoms. The Morgan fingerprint density at radius 1 is 0.500 bits per heavy atom. The molecule has 0 saturated carbocycles. The van der Waals surface area contributed by atoms with E-state index in [1.165, 1.54) is 0 Å². The molecule has 2 aromatic rings. The first-order valence-electron chi connectivity index (χ1n) is 11.2. The summed E-state index contributed by atoms with van der Waals surface area (Å²) in [5.74, 6) is 0.786. The van der Waals surface area contributed by atoms with Gasteiger partial charge in [0.15, 0.2) is 0 Å². The predicted molar refractivity (Wildman–Crippen MR) is 117 cm³/mol. The fourth-order valence-electron chi connectivity index (χ4n) is 5.55. The number of rotatable bonds is 2. The standard InChI is InChI=1S/C24H32N4O2/c29-21-9-3-1-7-19(21)23-25-11-5-12-26(23)16-18-28-14-6-13-27(17-15-25)24(28)20-8-2-4-10-22(20)30/h1-4,7-10,23-24,29-30H,5-6,11-18H2. The summed E-state index contributed by atoms with van der Waals surface area (Å²) >= 11 is 0. The highest BCUT2D eigenvalue weighted by molar-refractivity contribution is 5.36. The minimum absolute atomic E-state index is 0.129. The van der Waals surface area contributed by atoms with Crippen molar-refractivity contribution in [3.63, 3.8) is 0 Å². The lowest BCUT2D eigenvalue weighted by atomic mass is 10.0. The third-order valence-corrected chi connectivity index (χ3v) is 6.94. The fourth-order valence-corrected chi connectivity index (χ4v) is 5.55. The van der Waals surface area contributed by atoms with Gasteiger partial charge in [-0.2, -0.15) is 0 Å². The van der Waals surface area contributed by atoms with Gasteiger partial charge in [-0.1, -0.05) is 36.4 Å².